The van der Waals surface area contributed by atoms with Crippen LogP contribution < -0.4 is 0 Å². The molecule has 2 aliphatic rings. The zero-order valence-electron chi connectivity index (χ0n) is 7.97. The summed E-state index contributed by atoms with van der Waals surface area (Å²) in [6, 6.07) is 1.30. The molecule has 74 valence electrons. The summed E-state index contributed by atoms with van der Waals surface area (Å²) in [6.07, 6.45) is 9.76. The smallest absolute Gasteiger partial charge is 0.213 e. The Balaban J connectivity index is 1.77. The highest BCUT2D eigenvalue weighted by Gasteiger charge is 2.34. The van der Waals surface area contributed by atoms with E-state index in [9.17, 15) is 0 Å². The number of hydrogen-bond acceptors (Lipinski definition) is 4. The van der Waals surface area contributed by atoms with E-state index in [-0.39, 0.29) is 0 Å². The predicted octanol–water partition coefficient (Wildman–Crippen LogP) is 1.36. The van der Waals surface area contributed by atoms with Gasteiger partial charge in [0.15, 0.2) is 5.82 Å². The molecule has 0 spiro atoms. The van der Waals surface area contributed by atoms with Crippen LogP contribution in [-0.4, -0.2) is 27.1 Å². The topological polar surface area (TPSA) is 42.2 Å². The van der Waals surface area contributed by atoms with Gasteiger partial charge in [-0.1, -0.05) is 17.3 Å². The van der Waals surface area contributed by atoms with E-state index in [0.29, 0.717) is 12.1 Å². The van der Waals surface area contributed by atoms with Gasteiger partial charge in [0.25, 0.3) is 0 Å². The Morgan fingerprint density at radius 3 is 3.29 bits per heavy atom. The molecule has 0 amide bonds. The van der Waals surface area contributed by atoms with Crippen LogP contribution >= 0.6 is 0 Å². The van der Waals surface area contributed by atoms with E-state index in [0.717, 1.165) is 12.4 Å². The van der Waals surface area contributed by atoms with Gasteiger partial charge in [-0.2, -0.15) is 4.98 Å². The Morgan fingerprint density at radius 2 is 2.50 bits per heavy atom. The zero-order valence-corrected chi connectivity index (χ0v) is 7.97. The van der Waals surface area contributed by atoms with Gasteiger partial charge in [-0.05, 0) is 19.3 Å². The van der Waals surface area contributed by atoms with E-state index in [1.54, 1.807) is 0 Å². The van der Waals surface area contributed by atoms with E-state index < -0.39 is 0 Å². The monoisotopic (exact) mass is 191 g/mol. The van der Waals surface area contributed by atoms with Gasteiger partial charge in [0, 0.05) is 12.1 Å². The Labute approximate surface area is 82.6 Å². The summed E-state index contributed by atoms with van der Waals surface area (Å²) in [5.74, 6) is 0.803. The van der Waals surface area contributed by atoms with Crippen molar-refractivity contribution in [3.63, 3.8) is 0 Å². The first-order valence-electron chi connectivity index (χ1n) is 5.11. The Morgan fingerprint density at radius 1 is 1.50 bits per heavy atom. The maximum absolute atomic E-state index is 4.74. The molecule has 0 aromatic carbocycles. The minimum Gasteiger partial charge on any atom is -0.343 e. The van der Waals surface area contributed by atoms with Crippen LogP contribution in [0.4, 0.5) is 0 Å². The van der Waals surface area contributed by atoms with Crippen molar-refractivity contribution in [2.45, 2.75) is 37.9 Å². The highest BCUT2D eigenvalue weighted by Crippen LogP contribution is 2.32. The van der Waals surface area contributed by atoms with E-state index in [1.165, 1.54) is 25.7 Å². The molecule has 0 aliphatic carbocycles. The van der Waals surface area contributed by atoms with E-state index in [2.05, 4.69) is 27.2 Å². The second-order valence-electron chi connectivity index (χ2n) is 3.98. The van der Waals surface area contributed by atoms with Crippen molar-refractivity contribution in [1.29, 1.82) is 0 Å². The van der Waals surface area contributed by atoms with Gasteiger partial charge in [-0.3, -0.25) is 4.90 Å². The lowest BCUT2D eigenvalue weighted by Gasteiger charge is -2.29. The zero-order chi connectivity index (χ0) is 9.38. The minimum atomic E-state index is 0.604. The van der Waals surface area contributed by atoms with Gasteiger partial charge >= 0.3 is 0 Å². The van der Waals surface area contributed by atoms with Gasteiger partial charge in [0.2, 0.25) is 6.39 Å². The molecule has 1 aromatic rings. The van der Waals surface area contributed by atoms with Crippen molar-refractivity contribution in [3.05, 3.63) is 24.4 Å². The van der Waals surface area contributed by atoms with Crippen LogP contribution in [-0.2, 0) is 6.54 Å². The molecule has 2 aliphatic heterocycles. The molecule has 0 N–H and O–H groups in total. The number of rotatable bonds is 2. The van der Waals surface area contributed by atoms with E-state index in [4.69, 9.17) is 4.52 Å². The number of fused-ring (bicyclic) bond motifs is 2. The lowest BCUT2D eigenvalue weighted by Crippen LogP contribution is -2.36. The molecule has 1 saturated heterocycles. The fourth-order valence-electron chi connectivity index (χ4n) is 2.49. The average molecular weight is 191 g/mol. The fraction of sp³-hybridized carbons (Fsp3) is 0.600. The van der Waals surface area contributed by atoms with Crippen molar-refractivity contribution in [2.24, 2.45) is 0 Å². The van der Waals surface area contributed by atoms with Crippen LogP contribution in [0.3, 0.4) is 0 Å². The standard InChI is InChI=1S/C10H13N3O/c1-2-8-4-5-9(3-1)13(8)6-10-11-7-14-12-10/h1-2,7-9H,3-6H2. The SMILES string of the molecule is C1=CC2CCC(C1)N2Cc1ncon1. The quantitative estimate of drug-likeness (QED) is 0.662. The summed E-state index contributed by atoms with van der Waals surface area (Å²) in [6.45, 7) is 0.830. The highest BCUT2D eigenvalue weighted by molar-refractivity contribution is 5.08. The summed E-state index contributed by atoms with van der Waals surface area (Å²) in [4.78, 5) is 6.54. The van der Waals surface area contributed by atoms with Gasteiger partial charge in [0.1, 0.15) is 0 Å². The molecule has 2 bridgehead atoms. The van der Waals surface area contributed by atoms with Crippen LogP contribution in [0, 0.1) is 0 Å². The van der Waals surface area contributed by atoms with Crippen molar-refractivity contribution in [3.8, 4) is 0 Å². The first-order valence-corrected chi connectivity index (χ1v) is 5.11. The Bertz CT molecular complexity index is 333. The number of hydrogen-bond donors (Lipinski definition) is 0. The molecule has 2 unspecified atom stereocenters. The Hall–Kier alpha value is -1.16. The van der Waals surface area contributed by atoms with Crippen LogP contribution in [0.1, 0.15) is 25.1 Å². The first kappa shape index (κ1) is 8.17. The summed E-state index contributed by atoms with van der Waals surface area (Å²) in [7, 11) is 0. The van der Waals surface area contributed by atoms with Crippen molar-refractivity contribution in [1.82, 2.24) is 15.0 Å². The second kappa shape index (κ2) is 3.20. The predicted molar refractivity (Wildman–Crippen MR) is 50.4 cm³/mol. The highest BCUT2D eigenvalue weighted by atomic mass is 16.5. The molecule has 0 radical (unpaired) electrons. The molecule has 3 rings (SSSR count). The Kier molecular flexibility index (Phi) is 1.87. The number of aromatic nitrogens is 2. The second-order valence-corrected chi connectivity index (χ2v) is 3.98. The molecule has 14 heavy (non-hydrogen) atoms. The molecule has 4 nitrogen and oxygen atoms in total. The third-order valence-corrected chi connectivity index (χ3v) is 3.19. The normalized spacial score (nSPS) is 31.1. The van der Waals surface area contributed by atoms with Gasteiger partial charge < -0.3 is 4.52 Å². The van der Waals surface area contributed by atoms with E-state index >= 15 is 0 Å². The van der Waals surface area contributed by atoms with Crippen molar-refractivity contribution < 1.29 is 4.52 Å². The van der Waals surface area contributed by atoms with Crippen LogP contribution in [0.25, 0.3) is 0 Å². The van der Waals surface area contributed by atoms with Crippen LogP contribution in [0.2, 0.25) is 0 Å². The maximum Gasteiger partial charge on any atom is 0.213 e. The lowest BCUT2D eigenvalue weighted by atomic mass is 10.1. The van der Waals surface area contributed by atoms with Crippen molar-refractivity contribution >= 4 is 0 Å². The van der Waals surface area contributed by atoms with Gasteiger partial charge in [-0.25, -0.2) is 0 Å². The first-order chi connectivity index (χ1) is 6.93. The molecule has 1 aromatic heterocycles. The molecule has 3 heterocycles. The molecule has 4 heteroatoms. The largest absolute Gasteiger partial charge is 0.343 e. The third kappa shape index (κ3) is 1.26. The fourth-order valence-corrected chi connectivity index (χ4v) is 2.49. The van der Waals surface area contributed by atoms with Gasteiger partial charge in [0.05, 0.1) is 6.54 Å². The number of nitrogens with zero attached hydrogens (tertiary/aromatic N) is 3. The maximum atomic E-state index is 4.74. The molecule has 0 saturated carbocycles. The summed E-state index contributed by atoms with van der Waals surface area (Å²) in [5.41, 5.74) is 0. The van der Waals surface area contributed by atoms with Crippen molar-refractivity contribution in [2.75, 3.05) is 0 Å². The van der Waals surface area contributed by atoms with Crippen LogP contribution in [0.5, 0.6) is 0 Å². The summed E-state index contributed by atoms with van der Waals surface area (Å²) < 4.78 is 4.74. The summed E-state index contributed by atoms with van der Waals surface area (Å²) in [5, 5.41) is 3.86. The average Bonchev–Trinajstić information content (AvgIpc) is 2.75. The van der Waals surface area contributed by atoms with E-state index in [1.807, 2.05) is 0 Å². The molecule has 2 atom stereocenters. The third-order valence-electron chi connectivity index (χ3n) is 3.19. The lowest BCUT2D eigenvalue weighted by molar-refractivity contribution is 0.192. The molecular formula is C10H13N3O. The van der Waals surface area contributed by atoms with Crippen LogP contribution in [0.15, 0.2) is 23.1 Å². The summed E-state index contributed by atoms with van der Waals surface area (Å²) >= 11 is 0. The molecular weight excluding hydrogens is 178 g/mol. The minimum absolute atomic E-state index is 0.604. The molecule has 1 fully saturated rings. The van der Waals surface area contributed by atoms with Gasteiger partial charge in [-0.15, -0.1) is 0 Å².